The van der Waals surface area contributed by atoms with E-state index in [4.69, 9.17) is 9.15 Å². The lowest BCUT2D eigenvalue weighted by atomic mass is 10.0. The van der Waals surface area contributed by atoms with Crippen molar-refractivity contribution in [1.29, 1.82) is 0 Å². The van der Waals surface area contributed by atoms with E-state index in [0.717, 1.165) is 31.0 Å². The fourth-order valence-electron chi connectivity index (χ4n) is 3.46. The third kappa shape index (κ3) is 2.39. The molecule has 1 aliphatic rings. The molecule has 3 heterocycles. The molecule has 0 unspecified atom stereocenters. The number of aryl methyl sites for hydroxylation is 3. The van der Waals surface area contributed by atoms with Crippen molar-refractivity contribution in [2.75, 3.05) is 13.7 Å². The number of ether oxygens (including phenoxy) is 1. The van der Waals surface area contributed by atoms with E-state index in [0.29, 0.717) is 11.8 Å². The SMILES string of the molecule is COc1c([C@H]2CCCN2[C@H](C)c2nnc(C)o2)c(C)nn1C. The van der Waals surface area contributed by atoms with Crippen molar-refractivity contribution in [2.24, 2.45) is 7.05 Å². The first kappa shape index (κ1) is 15.0. The molecule has 1 aliphatic heterocycles. The van der Waals surface area contributed by atoms with Crippen LogP contribution < -0.4 is 4.74 Å². The third-order valence-corrected chi connectivity index (χ3v) is 4.43. The van der Waals surface area contributed by atoms with Crippen LogP contribution in [0.2, 0.25) is 0 Å². The zero-order valence-corrected chi connectivity index (χ0v) is 13.8. The van der Waals surface area contributed by atoms with Crippen molar-refractivity contribution < 1.29 is 9.15 Å². The van der Waals surface area contributed by atoms with Crippen LogP contribution in [-0.4, -0.2) is 38.5 Å². The monoisotopic (exact) mass is 305 g/mol. The van der Waals surface area contributed by atoms with Crippen molar-refractivity contribution in [3.8, 4) is 5.88 Å². The van der Waals surface area contributed by atoms with E-state index in [-0.39, 0.29) is 12.1 Å². The van der Waals surface area contributed by atoms with Gasteiger partial charge in [-0.3, -0.25) is 4.90 Å². The number of likely N-dealkylation sites (tertiary alicyclic amines) is 1. The van der Waals surface area contributed by atoms with E-state index in [1.54, 1.807) is 7.11 Å². The first-order chi connectivity index (χ1) is 10.5. The maximum Gasteiger partial charge on any atom is 0.233 e. The van der Waals surface area contributed by atoms with Gasteiger partial charge in [0.25, 0.3) is 0 Å². The molecule has 2 aromatic heterocycles. The quantitative estimate of drug-likeness (QED) is 0.863. The molecule has 0 N–H and O–H groups in total. The fourth-order valence-corrected chi connectivity index (χ4v) is 3.46. The molecule has 0 aliphatic carbocycles. The largest absolute Gasteiger partial charge is 0.481 e. The van der Waals surface area contributed by atoms with Gasteiger partial charge in [0.1, 0.15) is 0 Å². The number of nitrogens with zero attached hydrogens (tertiary/aromatic N) is 5. The maximum absolute atomic E-state index is 5.62. The molecule has 0 aromatic carbocycles. The third-order valence-electron chi connectivity index (χ3n) is 4.43. The van der Waals surface area contributed by atoms with Crippen molar-refractivity contribution in [3.05, 3.63) is 23.0 Å². The van der Waals surface area contributed by atoms with Gasteiger partial charge in [0.05, 0.1) is 24.4 Å². The number of hydrogen-bond acceptors (Lipinski definition) is 6. The minimum absolute atomic E-state index is 0.0815. The summed E-state index contributed by atoms with van der Waals surface area (Å²) in [4.78, 5) is 2.40. The summed E-state index contributed by atoms with van der Waals surface area (Å²) in [6.45, 7) is 6.98. The molecule has 7 heteroatoms. The Morgan fingerprint density at radius 1 is 1.32 bits per heavy atom. The van der Waals surface area contributed by atoms with Crippen LogP contribution in [0.5, 0.6) is 5.88 Å². The minimum atomic E-state index is 0.0815. The van der Waals surface area contributed by atoms with Crippen LogP contribution in [-0.2, 0) is 7.05 Å². The minimum Gasteiger partial charge on any atom is -0.481 e. The Kier molecular flexibility index (Phi) is 3.90. The van der Waals surface area contributed by atoms with Gasteiger partial charge in [0.15, 0.2) is 0 Å². The second-order valence-corrected chi connectivity index (χ2v) is 5.86. The van der Waals surface area contributed by atoms with Crippen molar-refractivity contribution in [2.45, 2.75) is 45.7 Å². The molecule has 0 saturated carbocycles. The molecule has 0 amide bonds. The summed E-state index contributed by atoms with van der Waals surface area (Å²) in [5.74, 6) is 2.11. The summed E-state index contributed by atoms with van der Waals surface area (Å²) >= 11 is 0. The van der Waals surface area contributed by atoms with Crippen LogP contribution in [0.3, 0.4) is 0 Å². The second kappa shape index (κ2) is 5.72. The zero-order valence-electron chi connectivity index (χ0n) is 13.8. The van der Waals surface area contributed by atoms with E-state index < -0.39 is 0 Å². The van der Waals surface area contributed by atoms with Gasteiger partial charge < -0.3 is 9.15 Å². The van der Waals surface area contributed by atoms with E-state index >= 15 is 0 Å². The summed E-state index contributed by atoms with van der Waals surface area (Å²) in [6, 6.07) is 0.351. The second-order valence-electron chi connectivity index (χ2n) is 5.86. The predicted molar refractivity (Wildman–Crippen MR) is 80.6 cm³/mol. The molecular formula is C15H23N5O2. The molecule has 22 heavy (non-hydrogen) atoms. The van der Waals surface area contributed by atoms with Gasteiger partial charge in [0, 0.05) is 20.0 Å². The number of methoxy groups -OCH3 is 1. The van der Waals surface area contributed by atoms with Gasteiger partial charge >= 0.3 is 0 Å². The highest BCUT2D eigenvalue weighted by molar-refractivity contribution is 5.35. The first-order valence-electron chi connectivity index (χ1n) is 7.66. The van der Waals surface area contributed by atoms with Crippen LogP contribution in [0.15, 0.2) is 4.42 Å². The van der Waals surface area contributed by atoms with Crippen LogP contribution in [0.25, 0.3) is 0 Å². The molecule has 0 bridgehead atoms. The van der Waals surface area contributed by atoms with Crippen LogP contribution in [0.1, 0.15) is 54.9 Å². The number of hydrogen-bond donors (Lipinski definition) is 0. The fraction of sp³-hybridized carbons (Fsp3) is 0.667. The Labute approximate surface area is 130 Å². The Hall–Kier alpha value is -1.89. The molecule has 0 radical (unpaired) electrons. The van der Waals surface area contributed by atoms with E-state index in [1.807, 2.05) is 25.6 Å². The zero-order chi connectivity index (χ0) is 15.9. The highest BCUT2D eigenvalue weighted by Gasteiger charge is 2.36. The van der Waals surface area contributed by atoms with Gasteiger partial charge in [-0.15, -0.1) is 10.2 Å². The molecule has 1 saturated heterocycles. The van der Waals surface area contributed by atoms with Crippen molar-refractivity contribution >= 4 is 0 Å². The smallest absolute Gasteiger partial charge is 0.233 e. The van der Waals surface area contributed by atoms with Gasteiger partial charge in [-0.05, 0) is 33.2 Å². The lowest BCUT2D eigenvalue weighted by molar-refractivity contribution is 0.163. The summed E-state index contributed by atoms with van der Waals surface area (Å²) in [5, 5.41) is 12.6. The summed E-state index contributed by atoms with van der Waals surface area (Å²) in [6.07, 6.45) is 2.22. The Bertz CT molecular complexity index is 663. The van der Waals surface area contributed by atoms with Gasteiger partial charge in [-0.1, -0.05) is 0 Å². The summed E-state index contributed by atoms with van der Waals surface area (Å²) in [5.41, 5.74) is 2.19. The van der Waals surface area contributed by atoms with Gasteiger partial charge in [0.2, 0.25) is 17.7 Å². The molecule has 1 fully saturated rings. The van der Waals surface area contributed by atoms with Crippen molar-refractivity contribution in [1.82, 2.24) is 24.9 Å². The lowest BCUT2D eigenvalue weighted by Crippen LogP contribution is -2.27. The Morgan fingerprint density at radius 2 is 2.09 bits per heavy atom. The molecule has 3 rings (SSSR count). The van der Waals surface area contributed by atoms with Crippen LogP contribution in [0.4, 0.5) is 0 Å². The first-order valence-corrected chi connectivity index (χ1v) is 7.66. The summed E-state index contributed by atoms with van der Waals surface area (Å²) in [7, 11) is 3.61. The summed E-state index contributed by atoms with van der Waals surface area (Å²) < 4.78 is 13.0. The predicted octanol–water partition coefficient (Wildman–Crippen LogP) is 2.33. The van der Waals surface area contributed by atoms with E-state index in [9.17, 15) is 0 Å². The molecule has 2 aromatic rings. The van der Waals surface area contributed by atoms with Crippen LogP contribution in [0, 0.1) is 13.8 Å². The lowest BCUT2D eigenvalue weighted by Gasteiger charge is -2.28. The van der Waals surface area contributed by atoms with Crippen LogP contribution >= 0.6 is 0 Å². The van der Waals surface area contributed by atoms with Gasteiger partial charge in [-0.25, -0.2) is 4.68 Å². The van der Waals surface area contributed by atoms with Gasteiger partial charge in [-0.2, -0.15) is 5.10 Å². The molecule has 7 nitrogen and oxygen atoms in total. The topological polar surface area (TPSA) is 69.2 Å². The normalized spacial score (nSPS) is 20.5. The standard InChI is InChI=1S/C15H23N5O2/c1-9-13(15(21-5)19(4)18-9)12-7-6-8-20(12)10(2)14-17-16-11(3)22-14/h10,12H,6-8H2,1-5H3/t10-,12-/m1/s1. The average molecular weight is 305 g/mol. The molecule has 120 valence electrons. The average Bonchev–Trinajstić information content (AvgIpc) is 3.16. The number of rotatable bonds is 4. The Balaban J connectivity index is 1.94. The highest BCUT2D eigenvalue weighted by Crippen LogP contribution is 2.42. The van der Waals surface area contributed by atoms with E-state index in [1.165, 1.54) is 5.56 Å². The molecule has 0 spiro atoms. The highest BCUT2D eigenvalue weighted by atomic mass is 16.5. The maximum atomic E-state index is 5.62. The molecule has 2 atom stereocenters. The van der Waals surface area contributed by atoms with E-state index in [2.05, 4.69) is 27.1 Å². The molecular weight excluding hydrogens is 282 g/mol. The number of aromatic nitrogens is 4. The Morgan fingerprint density at radius 3 is 2.73 bits per heavy atom. The van der Waals surface area contributed by atoms with Crippen molar-refractivity contribution in [3.63, 3.8) is 0 Å².